The van der Waals surface area contributed by atoms with Crippen LogP contribution in [-0.2, 0) is 29.9 Å². The molecule has 3 aliphatic rings. The fourth-order valence-electron chi connectivity index (χ4n) is 4.43. The minimum atomic E-state index is -3.56. The molecule has 0 N–H and O–H groups in total. The molecule has 150 valence electrons. The predicted octanol–water partition coefficient (Wildman–Crippen LogP) is -1.77. The standard InChI is InChI=1S/C20H22O7S.K/c1-11-10-13(18(23)16-14(21)4-3-5-15(16)22)12(2)17-19(11)28(24,25)9-6-20(17)26-7-8-27-20;/h10,21H,3-9H2,1-2H3;/q;+1/p-1. The second kappa shape index (κ2) is 8.27. The van der Waals surface area contributed by atoms with E-state index in [0.717, 1.165) is 0 Å². The maximum Gasteiger partial charge on any atom is 1.00 e. The number of ketones is 2. The van der Waals surface area contributed by atoms with E-state index in [1.165, 1.54) is 6.07 Å². The molecule has 1 spiro atoms. The summed E-state index contributed by atoms with van der Waals surface area (Å²) in [6.07, 6.45) is 0.912. The summed E-state index contributed by atoms with van der Waals surface area (Å²) >= 11 is 0. The summed E-state index contributed by atoms with van der Waals surface area (Å²) in [7, 11) is -3.56. The summed E-state index contributed by atoms with van der Waals surface area (Å²) in [5.74, 6) is -2.87. The first-order chi connectivity index (χ1) is 13.2. The number of ether oxygens (including phenoxy) is 2. The minimum Gasteiger partial charge on any atom is -0.875 e. The SMILES string of the molecule is Cc1cc(C(=O)C2=C([O-])CCCC2=O)c(C)c2c1S(=O)(=O)CCC21OCCO1.[K+]. The van der Waals surface area contributed by atoms with E-state index < -0.39 is 33.0 Å². The zero-order chi connectivity index (χ0) is 20.3. The van der Waals surface area contributed by atoms with Gasteiger partial charge in [-0.05, 0) is 43.9 Å². The van der Waals surface area contributed by atoms with Crippen molar-refractivity contribution in [2.45, 2.75) is 50.2 Å². The number of carbonyl (C=O) groups is 2. The van der Waals surface area contributed by atoms with E-state index in [9.17, 15) is 23.1 Å². The average Bonchev–Trinajstić information content (AvgIpc) is 3.09. The van der Waals surface area contributed by atoms with Crippen LogP contribution in [-0.4, -0.2) is 39.0 Å². The summed E-state index contributed by atoms with van der Waals surface area (Å²) in [5, 5.41) is 12.2. The van der Waals surface area contributed by atoms with Crippen LogP contribution in [0.3, 0.4) is 0 Å². The van der Waals surface area contributed by atoms with Crippen LogP contribution >= 0.6 is 0 Å². The summed E-state index contributed by atoms with van der Waals surface area (Å²) < 4.78 is 37.2. The Hall–Kier alpha value is -0.394. The largest absolute Gasteiger partial charge is 1.00 e. The number of Topliss-reactive ketones (excluding diaryl/α,β-unsaturated/α-hetero) is 2. The number of rotatable bonds is 2. The Balaban J connectivity index is 0.00000240. The van der Waals surface area contributed by atoms with Crippen molar-refractivity contribution in [3.8, 4) is 0 Å². The number of benzene rings is 1. The Morgan fingerprint density at radius 3 is 2.45 bits per heavy atom. The van der Waals surface area contributed by atoms with Gasteiger partial charge in [-0.1, -0.05) is 0 Å². The molecule has 0 bridgehead atoms. The quantitative estimate of drug-likeness (QED) is 0.302. The van der Waals surface area contributed by atoms with Crippen LogP contribution in [0.15, 0.2) is 22.3 Å². The van der Waals surface area contributed by atoms with Crippen LogP contribution in [0, 0.1) is 13.8 Å². The Kier molecular flexibility index (Phi) is 6.64. The monoisotopic (exact) mass is 444 g/mol. The van der Waals surface area contributed by atoms with Gasteiger partial charge in [-0.3, -0.25) is 9.59 Å². The predicted molar refractivity (Wildman–Crippen MR) is 96.4 cm³/mol. The van der Waals surface area contributed by atoms with E-state index in [0.29, 0.717) is 36.3 Å². The first kappa shape index (κ1) is 23.3. The number of allylic oxidation sites excluding steroid dienone is 2. The first-order valence-electron chi connectivity index (χ1n) is 9.31. The summed E-state index contributed by atoms with van der Waals surface area (Å²) in [4.78, 5) is 25.5. The molecule has 2 heterocycles. The van der Waals surface area contributed by atoms with E-state index in [1.54, 1.807) is 13.8 Å². The van der Waals surface area contributed by atoms with Gasteiger partial charge in [-0.15, -0.1) is 5.76 Å². The Labute approximate surface area is 212 Å². The molecule has 4 rings (SSSR count). The van der Waals surface area contributed by atoms with E-state index in [4.69, 9.17) is 9.47 Å². The normalized spacial score (nSPS) is 22.3. The fraction of sp³-hybridized carbons (Fsp3) is 0.500. The molecule has 0 unspecified atom stereocenters. The molecular formula is C20H21KO7S. The van der Waals surface area contributed by atoms with Crippen molar-refractivity contribution in [1.82, 2.24) is 0 Å². The van der Waals surface area contributed by atoms with E-state index in [-0.39, 0.29) is 92.4 Å². The van der Waals surface area contributed by atoms with Crippen molar-refractivity contribution in [2.24, 2.45) is 0 Å². The van der Waals surface area contributed by atoms with E-state index in [2.05, 4.69) is 0 Å². The second-order valence-electron chi connectivity index (χ2n) is 7.49. The molecule has 0 aromatic heterocycles. The Morgan fingerprint density at radius 1 is 1.17 bits per heavy atom. The van der Waals surface area contributed by atoms with E-state index >= 15 is 0 Å². The van der Waals surface area contributed by atoms with Crippen LogP contribution in [0.5, 0.6) is 0 Å². The number of fused-ring (bicyclic) bond motifs is 2. The molecule has 9 heteroatoms. The molecule has 1 aliphatic carbocycles. The van der Waals surface area contributed by atoms with Crippen molar-refractivity contribution in [3.63, 3.8) is 0 Å². The van der Waals surface area contributed by atoms with Crippen molar-refractivity contribution < 1.29 is 84.0 Å². The van der Waals surface area contributed by atoms with Gasteiger partial charge < -0.3 is 14.6 Å². The molecule has 0 amide bonds. The van der Waals surface area contributed by atoms with Gasteiger partial charge in [-0.25, -0.2) is 8.42 Å². The third-order valence-corrected chi connectivity index (χ3v) is 7.60. The van der Waals surface area contributed by atoms with E-state index in [1.807, 2.05) is 0 Å². The molecule has 2 aliphatic heterocycles. The summed E-state index contributed by atoms with van der Waals surface area (Å²) in [5.41, 5.74) is 0.948. The molecule has 1 aromatic carbocycles. The van der Waals surface area contributed by atoms with Crippen molar-refractivity contribution in [2.75, 3.05) is 19.0 Å². The molecule has 29 heavy (non-hydrogen) atoms. The minimum absolute atomic E-state index is 0. The molecule has 0 radical (unpaired) electrons. The molecule has 1 saturated heterocycles. The van der Waals surface area contributed by atoms with Crippen LogP contribution < -0.4 is 56.5 Å². The average molecular weight is 445 g/mol. The zero-order valence-electron chi connectivity index (χ0n) is 16.8. The van der Waals surface area contributed by atoms with Gasteiger partial charge in [0, 0.05) is 24.0 Å². The van der Waals surface area contributed by atoms with Crippen LogP contribution in [0.1, 0.15) is 52.7 Å². The number of sulfone groups is 1. The Bertz CT molecular complexity index is 1030. The van der Waals surface area contributed by atoms with Gasteiger partial charge in [0.15, 0.2) is 27.2 Å². The molecule has 7 nitrogen and oxygen atoms in total. The number of hydrogen-bond donors (Lipinski definition) is 0. The van der Waals surface area contributed by atoms with Gasteiger partial charge in [0.2, 0.25) is 0 Å². The van der Waals surface area contributed by atoms with Gasteiger partial charge in [0.05, 0.1) is 29.4 Å². The smallest absolute Gasteiger partial charge is 0.875 e. The first-order valence-corrected chi connectivity index (χ1v) is 11.0. The van der Waals surface area contributed by atoms with Gasteiger partial charge in [-0.2, -0.15) is 0 Å². The third-order valence-electron chi connectivity index (χ3n) is 5.71. The zero-order valence-corrected chi connectivity index (χ0v) is 20.7. The molecular weight excluding hydrogens is 423 g/mol. The number of aryl methyl sites for hydroxylation is 1. The maximum atomic E-state index is 13.1. The molecule has 0 saturated carbocycles. The van der Waals surface area contributed by atoms with Crippen LogP contribution in [0.25, 0.3) is 0 Å². The topological polar surface area (TPSA) is 110 Å². The second-order valence-corrected chi connectivity index (χ2v) is 9.54. The third kappa shape index (κ3) is 3.74. The van der Waals surface area contributed by atoms with Crippen molar-refractivity contribution >= 4 is 21.4 Å². The van der Waals surface area contributed by atoms with Crippen LogP contribution in [0.2, 0.25) is 0 Å². The fourth-order valence-corrected chi connectivity index (χ4v) is 6.34. The molecule has 0 atom stereocenters. The number of hydrogen-bond acceptors (Lipinski definition) is 7. The summed E-state index contributed by atoms with van der Waals surface area (Å²) in [6.45, 7) is 3.88. The Morgan fingerprint density at radius 2 is 1.83 bits per heavy atom. The van der Waals surface area contributed by atoms with Crippen LogP contribution in [0.4, 0.5) is 0 Å². The van der Waals surface area contributed by atoms with Crippen molar-refractivity contribution in [3.05, 3.63) is 39.7 Å². The maximum absolute atomic E-state index is 13.1. The van der Waals surface area contributed by atoms with Gasteiger partial charge >= 0.3 is 51.4 Å². The van der Waals surface area contributed by atoms with Gasteiger partial charge in [0.25, 0.3) is 0 Å². The van der Waals surface area contributed by atoms with Gasteiger partial charge in [0.1, 0.15) is 0 Å². The molecule has 1 fully saturated rings. The van der Waals surface area contributed by atoms with Crippen molar-refractivity contribution in [1.29, 1.82) is 0 Å². The summed E-state index contributed by atoms with van der Waals surface area (Å²) in [6, 6.07) is 1.46. The molecule has 1 aromatic rings. The number of carbonyl (C=O) groups excluding carboxylic acids is 2.